The lowest BCUT2D eigenvalue weighted by Crippen LogP contribution is -2.47. The van der Waals surface area contributed by atoms with E-state index in [4.69, 9.17) is 4.74 Å². The van der Waals surface area contributed by atoms with Crippen LogP contribution in [0.2, 0.25) is 0 Å². The first kappa shape index (κ1) is 15.4. The molecule has 1 aliphatic heterocycles. The second-order valence-corrected chi connectivity index (χ2v) is 5.18. The summed E-state index contributed by atoms with van der Waals surface area (Å²) < 4.78 is 5.04. The van der Waals surface area contributed by atoms with Gasteiger partial charge in [-0.15, -0.1) is 0 Å². The zero-order valence-corrected chi connectivity index (χ0v) is 12.4. The van der Waals surface area contributed by atoms with Gasteiger partial charge in [0.05, 0.1) is 12.5 Å². The maximum absolute atomic E-state index is 12.2. The molecular formula is C16H22N2O3. The topological polar surface area (TPSA) is 58.6 Å². The molecule has 21 heavy (non-hydrogen) atoms. The third-order valence-corrected chi connectivity index (χ3v) is 3.62. The molecule has 1 aromatic rings. The molecule has 1 aromatic carbocycles. The monoisotopic (exact) mass is 290 g/mol. The predicted molar refractivity (Wildman–Crippen MR) is 79.6 cm³/mol. The van der Waals surface area contributed by atoms with Crippen molar-refractivity contribution in [3.63, 3.8) is 0 Å². The van der Waals surface area contributed by atoms with Gasteiger partial charge >= 0.3 is 12.0 Å². The maximum Gasteiger partial charge on any atom is 0.317 e. The Kier molecular flexibility index (Phi) is 5.60. The molecule has 0 aromatic heterocycles. The van der Waals surface area contributed by atoms with Gasteiger partial charge in [0.2, 0.25) is 0 Å². The van der Waals surface area contributed by atoms with E-state index >= 15 is 0 Å². The summed E-state index contributed by atoms with van der Waals surface area (Å²) in [6.45, 7) is 3.82. The molecule has 5 heteroatoms. The Hall–Kier alpha value is -2.04. The molecule has 1 atom stereocenters. The van der Waals surface area contributed by atoms with E-state index in [0.29, 0.717) is 26.2 Å². The van der Waals surface area contributed by atoms with Crippen LogP contribution in [-0.2, 0) is 16.1 Å². The summed E-state index contributed by atoms with van der Waals surface area (Å²) in [6.07, 6.45) is 1.63. The molecular weight excluding hydrogens is 268 g/mol. The maximum atomic E-state index is 12.2. The highest BCUT2D eigenvalue weighted by Crippen LogP contribution is 2.18. The molecule has 0 spiro atoms. The van der Waals surface area contributed by atoms with Crippen molar-refractivity contribution in [1.29, 1.82) is 0 Å². The average Bonchev–Trinajstić information content (AvgIpc) is 2.54. The molecule has 1 heterocycles. The molecule has 5 nitrogen and oxygen atoms in total. The van der Waals surface area contributed by atoms with E-state index in [1.54, 1.807) is 11.8 Å². The Balaban J connectivity index is 1.83. The zero-order valence-electron chi connectivity index (χ0n) is 12.4. The number of carbonyl (C=O) groups is 2. The molecule has 1 fully saturated rings. The van der Waals surface area contributed by atoms with Gasteiger partial charge in [-0.1, -0.05) is 30.3 Å². The molecule has 1 saturated heterocycles. The lowest BCUT2D eigenvalue weighted by atomic mass is 9.98. The number of ether oxygens (including phenoxy) is 1. The Bertz CT molecular complexity index is 476. The van der Waals surface area contributed by atoms with Crippen LogP contribution >= 0.6 is 0 Å². The Morgan fingerprint density at radius 1 is 1.33 bits per heavy atom. The number of hydrogen-bond donors (Lipinski definition) is 1. The Morgan fingerprint density at radius 3 is 2.81 bits per heavy atom. The summed E-state index contributed by atoms with van der Waals surface area (Å²) in [5.41, 5.74) is 1.06. The van der Waals surface area contributed by atoms with Crippen LogP contribution in [0.15, 0.2) is 30.3 Å². The number of hydrogen-bond acceptors (Lipinski definition) is 3. The number of urea groups is 1. The molecule has 1 N–H and O–H groups in total. The van der Waals surface area contributed by atoms with Crippen molar-refractivity contribution in [2.24, 2.45) is 5.92 Å². The van der Waals surface area contributed by atoms with Crippen LogP contribution < -0.4 is 5.32 Å². The van der Waals surface area contributed by atoms with E-state index in [1.807, 2.05) is 30.3 Å². The van der Waals surface area contributed by atoms with Gasteiger partial charge in [0.1, 0.15) is 0 Å². The summed E-state index contributed by atoms with van der Waals surface area (Å²) in [5, 5.41) is 2.90. The van der Waals surface area contributed by atoms with E-state index in [9.17, 15) is 9.59 Å². The Morgan fingerprint density at radius 2 is 2.10 bits per heavy atom. The Labute approximate surface area is 125 Å². The smallest absolute Gasteiger partial charge is 0.317 e. The van der Waals surface area contributed by atoms with Crippen molar-refractivity contribution in [2.75, 3.05) is 19.7 Å². The van der Waals surface area contributed by atoms with Gasteiger partial charge in [0.25, 0.3) is 0 Å². The number of nitrogens with one attached hydrogen (secondary N) is 1. The van der Waals surface area contributed by atoms with Crippen molar-refractivity contribution in [1.82, 2.24) is 10.2 Å². The number of carbonyl (C=O) groups excluding carboxylic acids is 2. The number of nitrogens with zero attached hydrogens (tertiary/aromatic N) is 1. The van der Waals surface area contributed by atoms with Crippen molar-refractivity contribution >= 4 is 12.0 Å². The number of esters is 1. The van der Waals surface area contributed by atoms with Crippen LogP contribution in [0, 0.1) is 5.92 Å². The first-order valence-corrected chi connectivity index (χ1v) is 7.44. The van der Waals surface area contributed by atoms with Gasteiger partial charge in [-0.3, -0.25) is 4.79 Å². The highest BCUT2D eigenvalue weighted by atomic mass is 16.5. The van der Waals surface area contributed by atoms with Crippen LogP contribution in [0.1, 0.15) is 25.3 Å². The molecule has 1 aliphatic rings. The largest absolute Gasteiger partial charge is 0.466 e. The molecule has 0 bridgehead atoms. The van der Waals surface area contributed by atoms with E-state index in [0.717, 1.165) is 18.4 Å². The molecule has 2 rings (SSSR count). The summed E-state index contributed by atoms with van der Waals surface area (Å²) in [7, 11) is 0. The standard InChI is InChI=1S/C16H22N2O3/c1-2-21-15(19)14-9-6-10-18(12-14)16(20)17-11-13-7-4-3-5-8-13/h3-5,7-8,14H,2,6,9-12H2,1H3,(H,17,20). The van der Waals surface area contributed by atoms with E-state index in [2.05, 4.69) is 5.32 Å². The fourth-order valence-corrected chi connectivity index (χ4v) is 2.50. The van der Waals surface area contributed by atoms with E-state index < -0.39 is 0 Å². The zero-order chi connectivity index (χ0) is 15.1. The fourth-order valence-electron chi connectivity index (χ4n) is 2.50. The lowest BCUT2D eigenvalue weighted by Gasteiger charge is -2.31. The first-order chi connectivity index (χ1) is 10.2. The predicted octanol–water partition coefficient (Wildman–Crippen LogP) is 2.17. The quantitative estimate of drug-likeness (QED) is 0.865. The third-order valence-electron chi connectivity index (χ3n) is 3.62. The number of benzene rings is 1. The van der Waals surface area contributed by atoms with Crippen LogP contribution in [0.3, 0.4) is 0 Å². The summed E-state index contributed by atoms with van der Waals surface area (Å²) in [5.74, 6) is -0.390. The highest BCUT2D eigenvalue weighted by Gasteiger charge is 2.29. The molecule has 2 amide bonds. The van der Waals surface area contributed by atoms with E-state index in [-0.39, 0.29) is 17.9 Å². The van der Waals surface area contributed by atoms with Crippen LogP contribution in [0.25, 0.3) is 0 Å². The number of piperidine rings is 1. The third kappa shape index (κ3) is 4.48. The molecule has 1 unspecified atom stereocenters. The number of amides is 2. The summed E-state index contributed by atoms with van der Waals surface area (Å²) in [6, 6.07) is 9.65. The average molecular weight is 290 g/mol. The van der Waals surface area contributed by atoms with E-state index in [1.165, 1.54) is 0 Å². The minimum absolute atomic E-state index is 0.118. The van der Waals surface area contributed by atoms with Crippen LogP contribution in [-0.4, -0.2) is 36.6 Å². The van der Waals surface area contributed by atoms with Gasteiger partial charge in [-0.05, 0) is 25.3 Å². The van der Waals surface area contributed by atoms with Gasteiger partial charge < -0.3 is 15.0 Å². The number of rotatable bonds is 4. The van der Waals surface area contributed by atoms with Gasteiger partial charge in [0, 0.05) is 19.6 Å². The lowest BCUT2D eigenvalue weighted by molar-refractivity contribution is -0.149. The summed E-state index contributed by atoms with van der Waals surface area (Å²) >= 11 is 0. The molecule has 114 valence electrons. The van der Waals surface area contributed by atoms with Gasteiger partial charge in [0.15, 0.2) is 0 Å². The van der Waals surface area contributed by atoms with Crippen LogP contribution in [0.4, 0.5) is 4.79 Å². The van der Waals surface area contributed by atoms with Crippen molar-refractivity contribution in [3.8, 4) is 0 Å². The van der Waals surface area contributed by atoms with Crippen molar-refractivity contribution in [2.45, 2.75) is 26.3 Å². The molecule has 0 radical (unpaired) electrons. The minimum atomic E-state index is -0.196. The SMILES string of the molecule is CCOC(=O)C1CCCN(C(=O)NCc2ccccc2)C1. The van der Waals surface area contributed by atoms with Crippen molar-refractivity contribution in [3.05, 3.63) is 35.9 Å². The van der Waals surface area contributed by atoms with Gasteiger partial charge in [-0.25, -0.2) is 4.79 Å². The summed E-state index contributed by atoms with van der Waals surface area (Å²) in [4.78, 5) is 25.6. The normalized spacial score (nSPS) is 18.1. The second-order valence-electron chi connectivity index (χ2n) is 5.18. The van der Waals surface area contributed by atoms with Crippen molar-refractivity contribution < 1.29 is 14.3 Å². The molecule has 0 aliphatic carbocycles. The number of likely N-dealkylation sites (tertiary alicyclic amines) is 1. The van der Waals surface area contributed by atoms with Gasteiger partial charge in [-0.2, -0.15) is 0 Å². The molecule has 0 saturated carbocycles. The fraction of sp³-hybridized carbons (Fsp3) is 0.500. The highest BCUT2D eigenvalue weighted by molar-refractivity contribution is 5.77. The second kappa shape index (κ2) is 7.67. The minimum Gasteiger partial charge on any atom is -0.466 e. The van der Waals surface area contributed by atoms with Crippen LogP contribution in [0.5, 0.6) is 0 Å². The first-order valence-electron chi connectivity index (χ1n) is 7.44.